The van der Waals surface area contributed by atoms with E-state index >= 15 is 0 Å². The van der Waals surface area contributed by atoms with Gasteiger partial charge < -0.3 is 5.32 Å². The van der Waals surface area contributed by atoms with Gasteiger partial charge in [0.2, 0.25) is 5.91 Å². The molecule has 0 saturated heterocycles. The molecule has 1 aliphatic heterocycles. The third kappa shape index (κ3) is 2.33. The van der Waals surface area contributed by atoms with Crippen molar-refractivity contribution < 1.29 is 4.79 Å². The van der Waals surface area contributed by atoms with Crippen LogP contribution in [-0.4, -0.2) is 21.9 Å². The van der Waals surface area contributed by atoms with Gasteiger partial charge in [-0.3, -0.25) is 9.89 Å². The molecule has 1 unspecified atom stereocenters. The minimum absolute atomic E-state index is 0.00966. The van der Waals surface area contributed by atoms with Crippen LogP contribution in [0.5, 0.6) is 0 Å². The minimum Gasteiger partial charge on any atom is -0.308 e. The van der Waals surface area contributed by atoms with Crippen LogP contribution in [0.4, 0.5) is 5.82 Å². The number of amides is 1. The molecule has 104 valence electrons. The zero-order valence-electron chi connectivity index (χ0n) is 11.6. The number of carbonyl (C=O) groups is 1. The molecule has 1 amide bonds. The second-order valence-corrected chi connectivity index (χ2v) is 6.04. The Kier molecular flexibility index (Phi) is 3.53. The molecule has 20 heavy (non-hydrogen) atoms. The molecule has 0 fully saturated rings. The van der Waals surface area contributed by atoms with E-state index in [1.165, 1.54) is 11.1 Å². The van der Waals surface area contributed by atoms with Gasteiger partial charge in [0.1, 0.15) is 0 Å². The van der Waals surface area contributed by atoms with E-state index in [9.17, 15) is 4.79 Å². The number of aryl methyl sites for hydroxylation is 2. The van der Waals surface area contributed by atoms with Crippen LogP contribution in [0.15, 0.2) is 24.3 Å². The number of thioether (sulfide) groups is 1. The number of aromatic nitrogens is 2. The molecule has 1 atom stereocenters. The normalized spacial score (nSPS) is 18.3. The SMILES string of the molecule is CCc1ccc(C2SCC(=O)Nc3n[nH]c(C)c32)cc1. The molecule has 5 heteroatoms. The Hall–Kier alpha value is -1.75. The zero-order chi connectivity index (χ0) is 14.1. The number of nitrogens with one attached hydrogen (secondary N) is 2. The molecule has 0 spiro atoms. The Balaban J connectivity index is 2.03. The summed E-state index contributed by atoms with van der Waals surface area (Å²) in [4.78, 5) is 11.7. The van der Waals surface area contributed by atoms with E-state index in [2.05, 4.69) is 46.7 Å². The van der Waals surface area contributed by atoms with E-state index in [1.807, 2.05) is 6.92 Å². The van der Waals surface area contributed by atoms with Crippen molar-refractivity contribution in [1.29, 1.82) is 0 Å². The summed E-state index contributed by atoms with van der Waals surface area (Å²) in [7, 11) is 0. The van der Waals surface area contributed by atoms with Crippen LogP contribution in [0, 0.1) is 6.92 Å². The largest absolute Gasteiger partial charge is 0.308 e. The highest BCUT2D eigenvalue weighted by molar-refractivity contribution is 8.00. The maximum absolute atomic E-state index is 11.7. The van der Waals surface area contributed by atoms with Crippen molar-refractivity contribution >= 4 is 23.5 Å². The number of H-pyrrole nitrogens is 1. The third-order valence-electron chi connectivity index (χ3n) is 3.59. The van der Waals surface area contributed by atoms with Crippen LogP contribution in [0.2, 0.25) is 0 Å². The van der Waals surface area contributed by atoms with Gasteiger partial charge in [0.05, 0.1) is 11.0 Å². The van der Waals surface area contributed by atoms with E-state index in [0.29, 0.717) is 11.6 Å². The zero-order valence-corrected chi connectivity index (χ0v) is 12.4. The lowest BCUT2D eigenvalue weighted by molar-refractivity contribution is -0.113. The first-order valence-corrected chi connectivity index (χ1v) is 7.79. The number of rotatable bonds is 2. The van der Waals surface area contributed by atoms with Crippen molar-refractivity contribution in [3.8, 4) is 0 Å². The van der Waals surface area contributed by atoms with Crippen molar-refractivity contribution in [2.45, 2.75) is 25.5 Å². The minimum atomic E-state index is 0.00966. The van der Waals surface area contributed by atoms with Gasteiger partial charge >= 0.3 is 0 Å². The number of hydrogen-bond donors (Lipinski definition) is 2. The number of fused-ring (bicyclic) bond motifs is 1. The molecule has 2 heterocycles. The smallest absolute Gasteiger partial charge is 0.235 e. The van der Waals surface area contributed by atoms with Gasteiger partial charge in [-0.05, 0) is 24.5 Å². The summed E-state index contributed by atoms with van der Waals surface area (Å²) < 4.78 is 0. The molecule has 0 radical (unpaired) electrons. The van der Waals surface area contributed by atoms with Gasteiger partial charge in [-0.1, -0.05) is 31.2 Å². The molecular weight excluding hydrogens is 270 g/mol. The molecule has 4 nitrogen and oxygen atoms in total. The Morgan fingerprint density at radius 1 is 1.35 bits per heavy atom. The summed E-state index contributed by atoms with van der Waals surface area (Å²) in [6.45, 7) is 4.15. The average Bonchev–Trinajstić information content (AvgIpc) is 2.72. The van der Waals surface area contributed by atoms with Crippen molar-refractivity contribution in [2.24, 2.45) is 0 Å². The lowest BCUT2D eigenvalue weighted by atomic mass is 10.0. The van der Waals surface area contributed by atoms with Gasteiger partial charge in [-0.25, -0.2) is 0 Å². The topological polar surface area (TPSA) is 57.8 Å². The van der Waals surface area contributed by atoms with Crippen LogP contribution >= 0.6 is 11.8 Å². The van der Waals surface area contributed by atoms with E-state index in [4.69, 9.17) is 0 Å². The second kappa shape index (κ2) is 5.32. The summed E-state index contributed by atoms with van der Waals surface area (Å²) in [5, 5.41) is 10.2. The highest BCUT2D eigenvalue weighted by Gasteiger charge is 2.27. The highest BCUT2D eigenvalue weighted by Crippen LogP contribution is 2.42. The fourth-order valence-corrected chi connectivity index (χ4v) is 3.65. The molecule has 1 aromatic carbocycles. The molecule has 1 aliphatic rings. The number of carbonyl (C=O) groups excluding carboxylic acids is 1. The van der Waals surface area contributed by atoms with Gasteiger partial charge in [0.25, 0.3) is 0 Å². The van der Waals surface area contributed by atoms with Crippen molar-refractivity contribution in [3.63, 3.8) is 0 Å². The molecule has 1 aromatic heterocycles. The lowest BCUT2D eigenvalue weighted by Crippen LogP contribution is -2.12. The van der Waals surface area contributed by atoms with Crippen molar-refractivity contribution in [2.75, 3.05) is 11.1 Å². The Morgan fingerprint density at radius 2 is 2.10 bits per heavy atom. The number of benzene rings is 1. The van der Waals surface area contributed by atoms with E-state index < -0.39 is 0 Å². The Bertz CT molecular complexity index is 633. The molecule has 2 aromatic rings. The number of aromatic amines is 1. The summed E-state index contributed by atoms with van der Waals surface area (Å²) in [6, 6.07) is 8.63. The maximum atomic E-state index is 11.7. The predicted molar refractivity (Wildman–Crippen MR) is 82.1 cm³/mol. The molecule has 3 rings (SSSR count). The van der Waals surface area contributed by atoms with Gasteiger partial charge in [0.15, 0.2) is 5.82 Å². The number of nitrogens with zero attached hydrogens (tertiary/aromatic N) is 1. The van der Waals surface area contributed by atoms with Crippen LogP contribution in [0.1, 0.15) is 34.6 Å². The fourth-order valence-electron chi connectivity index (χ4n) is 2.46. The van der Waals surface area contributed by atoms with E-state index in [0.717, 1.165) is 17.7 Å². The quantitative estimate of drug-likeness (QED) is 0.892. The second-order valence-electron chi connectivity index (χ2n) is 4.95. The predicted octanol–water partition coefficient (Wildman–Crippen LogP) is 3.06. The molecule has 0 bridgehead atoms. The van der Waals surface area contributed by atoms with Crippen molar-refractivity contribution in [3.05, 3.63) is 46.6 Å². The fraction of sp³-hybridized carbons (Fsp3) is 0.333. The molecular formula is C15H17N3OS. The summed E-state index contributed by atoms with van der Waals surface area (Å²) in [5.74, 6) is 1.13. The van der Waals surface area contributed by atoms with Crippen LogP contribution < -0.4 is 5.32 Å². The van der Waals surface area contributed by atoms with Crippen molar-refractivity contribution in [1.82, 2.24) is 10.2 Å². The summed E-state index contributed by atoms with van der Waals surface area (Å²) >= 11 is 1.65. The monoisotopic (exact) mass is 287 g/mol. The first-order valence-electron chi connectivity index (χ1n) is 6.74. The number of anilines is 1. The maximum Gasteiger partial charge on any atom is 0.235 e. The standard InChI is InChI=1S/C15H17N3OS/c1-3-10-4-6-11(7-5-10)14-13-9(2)17-18-15(13)16-12(19)8-20-14/h4-7,14H,3,8H2,1-2H3,(H2,16,17,18,19). The lowest BCUT2D eigenvalue weighted by Gasteiger charge is -2.15. The average molecular weight is 287 g/mol. The molecule has 0 saturated carbocycles. The first kappa shape index (κ1) is 13.2. The molecule has 2 N–H and O–H groups in total. The Labute approximate surface area is 122 Å². The van der Waals surface area contributed by atoms with Crippen LogP contribution in [-0.2, 0) is 11.2 Å². The van der Waals surface area contributed by atoms with Gasteiger partial charge in [0, 0.05) is 11.3 Å². The van der Waals surface area contributed by atoms with Gasteiger partial charge in [-0.2, -0.15) is 5.10 Å². The van der Waals surface area contributed by atoms with Gasteiger partial charge in [-0.15, -0.1) is 11.8 Å². The van der Waals surface area contributed by atoms with Crippen LogP contribution in [0.25, 0.3) is 0 Å². The van der Waals surface area contributed by atoms with E-state index in [1.54, 1.807) is 11.8 Å². The first-order chi connectivity index (χ1) is 9.69. The summed E-state index contributed by atoms with van der Waals surface area (Å²) in [6.07, 6.45) is 1.04. The van der Waals surface area contributed by atoms with Crippen LogP contribution in [0.3, 0.4) is 0 Å². The summed E-state index contributed by atoms with van der Waals surface area (Å²) in [5.41, 5.74) is 4.64. The Morgan fingerprint density at radius 3 is 2.80 bits per heavy atom. The number of hydrogen-bond acceptors (Lipinski definition) is 3. The third-order valence-corrected chi connectivity index (χ3v) is 4.86. The highest BCUT2D eigenvalue weighted by atomic mass is 32.2. The van der Waals surface area contributed by atoms with E-state index in [-0.39, 0.29) is 11.2 Å². The molecule has 0 aliphatic carbocycles.